The molecule has 0 unspecified atom stereocenters. The lowest BCUT2D eigenvalue weighted by Crippen LogP contribution is -2.32. The van der Waals surface area contributed by atoms with Crippen molar-refractivity contribution in [3.63, 3.8) is 0 Å². The van der Waals surface area contributed by atoms with E-state index >= 15 is 0 Å². The molecule has 0 atom stereocenters. The highest BCUT2D eigenvalue weighted by Gasteiger charge is 2.22. The van der Waals surface area contributed by atoms with Gasteiger partial charge in [0.25, 0.3) is 0 Å². The molecule has 0 spiro atoms. The van der Waals surface area contributed by atoms with E-state index in [1.54, 1.807) is 6.92 Å². The SMILES string of the molecule is Cc1ccccc1-c1nc(CS(=O)(=O)CC(=O)CCCCN(CC(C)C)CC(C)C)c(C)o1. The van der Waals surface area contributed by atoms with Crippen molar-refractivity contribution < 1.29 is 17.6 Å². The van der Waals surface area contributed by atoms with Gasteiger partial charge in [0.2, 0.25) is 5.89 Å². The van der Waals surface area contributed by atoms with Crippen LogP contribution in [0.5, 0.6) is 0 Å². The lowest BCUT2D eigenvalue weighted by molar-refractivity contribution is -0.116. The number of carbonyl (C=O) groups excluding carboxylic acids is 1. The molecule has 7 heteroatoms. The van der Waals surface area contributed by atoms with Gasteiger partial charge in [-0.15, -0.1) is 0 Å². The number of hydrogen-bond donors (Lipinski definition) is 0. The molecule has 0 aliphatic carbocycles. The predicted octanol–water partition coefficient (Wildman–Crippen LogP) is 5.23. The molecule has 0 aliphatic heterocycles. The second kappa shape index (κ2) is 12.5. The highest BCUT2D eigenvalue weighted by molar-refractivity contribution is 7.91. The number of rotatable bonds is 14. The molecule has 1 aromatic carbocycles. The van der Waals surface area contributed by atoms with E-state index in [-0.39, 0.29) is 11.5 Å². The van der Waals surface area contributed by atoms with E-state index < -0.39 is 15.6 Å². The maximum atomic E-state index is 12.6. The van der Waals surface area contributed by atoms with Gasteiger partial charge in [-0.3, -0.25) is 4.79 Å². The third kappa shape index (κ3) is 9.41. The van der Waals surface area contributed by atoms with Crippen molar-refractivity contribution in [2.45, 2.75) is 66.6 Å². The van der Waals surface area contributed by atoms with Crippen LogP contribution in [-0.4, -0.2) is 49.5 Å². The van der Waals surface area contributed by atoms with Crippen molar-refractivity contribution in [2.24, 2.45) is 11.8 Å². The average molecular weight is 477 g/mol. The molecule has 0 saturated carbocycles. The summed E-state index contributed by atoms with van der Waals surface area (Å²) in [7, 11) is -3.60. The minimum absolute atomic E-state index is 0.227. The number of sulfone groups is 1. The number of carbonyl (C=O) groups is 1. The van der Waals surface area contributed by atoms with Crippen molar-refractivity contribution in [3.05, 3.63) is 41.3 Å². The van der Waals surface area contributed by atoms with Crippen LogP contribution in [0.15, 0.2) is 28.7 Å². The normalized spacial score (nSPS) is 12.3. The minimum atomic E-state index is -3.60. The Bertz CT molecular complexity index is 999. The highest BCUT2D eigenvalue weighted by atomic mass is 32.2. The Kier molecular flexibility index (Phi) is 10.3. The Morgan fingerprint density at radius 3 is 2.27 bits per heavy atom. The van der Waals surface area contributed by atoms with Crippen LogP contribution in [0.1, 0.15) is 64.0 Å². The van der Waals surface area contributed by atoms with Crippen molar-refractivity contribution in [1.82, 2.24) is 9.88 Å². The fourth-order valence-corrected chi connectivity index (χ4v) is 5.44. The fourth-order valence-electron chi connectivity index (χ4n) is 4.01. The van der Waals surface area contributed by atoms with E-state index in [0.717, 1.165) is 37.2 Å². The molecular formula is C26H40N2O4S. The molecule has 0 amide bonds. The van der Waals surface area contributed by atoms with Gasteiger partial charge < -0.3 is 9.32 Å². The minimum Gasteiger partial charge on any atom is -0.441 e. The zero-order chi connectivity index (χ0) is 24.6. The van der Waals surface area contributed by atoms with Crippen LogP contribution in [0.25, 0.3) is 11.5 Å². The van der Waals surface area contributed by atoms with Gasteiger partial charge in [0, 0.05) is 25.1 Å². The highest BCUT2D eigenvalue weighted by Crippen LogP contribution is 2.25. The number of nitrogens with zero attached hydrogens (tertiary/aromatic N) is 2. The maximum Gasteiger partial charge on any atom is 0.226 e. The van der Waals surface area contributed by atoms with Crippen LogP contribution in [0.4, 0.5) is 0 Å². The molecule has 1 heterocycles. The summed E-state index contributed by atoms with van der Waals surface area (Å²) in [5.41, 5.74) is 2.21. The number of aryl methyl sites for hydroxylation is 2. The summed E-state index contributed by atoms with van der Waals surface area (Å²) in [6.07, 6.45) is 1.90. The van der Waals surface area contributed by atoms with Gasteiger partial charge in [0.15, 0.2) is 9.84 Å². The molecule has 2 aromatic rings. The summed E-state index contributed by atoms with van der Waals surface area (Å²) in [4.78, 5) is 19.2. The summed E-state index contributed by atoms with van der Waals surface area (Å²) in [6, 6.07) is 7.67. The van der Waals surface area contributed by atoms with Crippen LogP contribution < -0.4 is 0 Å². The first kappa shape index (κ1) is 27.3. The van der Waals surface area contributed by atoms with E-state index in [4.69, 9.17) is 4.42 Å². The zero-order valence-corrected chi connectivity index (χ0v) is 21.9. The van der Waals surface area contributed by atoms with Gasteiger partial charge in [-0.1, -0.05) is 45.9 Å². The Morgan fingerprint density at radius 1 is 1.03 bits per heavy atom. The first-order valence-corrected chi connectivity index (χ1v) is 13.8. The molecule has 0 fully saturated rings. The molecule has 184 valence electrons. The topological polar surface area (TPSA) is 80.5 Å². The summed E-state index contributed by atoms with van der Waals surface area (Å²) in [5.74, 6) is 1.13. The van der Waals surface area contributed by atoms with Crippen LogP contribution >= 0.6 is 0 Å². The van der Waals surface area contributed by atoms with E-state index in [1.165, 1.54) is 0 Å². The largest absolute Gasteiger partial charge is 0.441 e. The molecule has 0 bridgehead atoms. The molecule has 1 aromatic heterocycles. The van der Waals surface area contributed by atoms with E-state index in [9.17, 15) is 13.2 Å². The molecule has 0 aliphatic rings. The second-order valence-corrected chi connectivity index (χ2v) is 12.0. The zero-order valence-electron chi connectivity index (χ0n) is 21.1. The Morgan fingerprint density at radius 2 is 1.67 bits per heavy atom. The van der Waals surface area contributed by atoms with Crippen LogP contribution in [0.2, 0.25) is 0 Å². The van der Waals surface area contributed by atoms with Crippen LogP contribution in [0.3, 0.4) is 0 Å². The van der Waals surface area contributed by atoms with Crippen molar-refractivity contribution >= 4 is 15.6 Å². The van der Waals surface area contributed by atoms with Crippen molar-refractivity contribution in [1.29, 1.82) is 0 Å². The molecule has 0 saturated heterocycles. The Labute approximate surface area is 199 Å². The number of ketones is 1. The summed E-state index contributed by atoms with van der Waals surface area (Å²) in [5, 5.41) is 0. The van der Waals surface area contributed by atoms with Crippen molar-refractivity contribution in [3.8, 4) is 11.5 Å². The number of oxazole rings is 1. The molecular weight excluding hydrogens is 436 g/mol. The third-order valence-corrected chi connectivity index (χ3v) is 6.91. The van der Waals surface area contributed by atoms with Gasteiger partial charge in [0.1, 0.15) is 17.3 Å². The molecule has 33 heavy (non-hydrogen) atoms. The number of benzene rings is 1. The van der Waals surface area contributed by atoms with Gasteiger partial charge in [0.05, 0.1) is 11.4 Å². The van der Waals surface area contributed by atoms with E-state index in [1.807, 2.05) is 31.2 Å². The predicted molar refractivity (Wildman–Crippen MR) is 134 cm³/mol. The van der Waals surface area contributed by atoms with Crippen LogP contribution in [-0.2, 0) is 20.4 Å². The quantitative estimate of drug-likeness (QED) is 0.348. The Balaban J connectivity index is 1.87. The van der Waals surface area contributed by atoms with Crippen LogP contribution in [0, 0.1) is 25.7 Å². The van der Waals surface area contributed by atoms with Gasteiger partial charge in [-0.05, 0) is 56.7 Å². The van der Waals surface area contributed by atoms with E-state index in [0.29, 0.717) is 42.0 Å². The lowest BCUT2D eigenvalue weighted by Gasteiger charge is -2.26. The summed E-state index contributed by atoms with van der Waals surface area (Å²) >= 11 is 0. The smallest absolute Gasteiger partial charge is 0.226 e. The monoisotopic (exact) mass is 476 g/mol. The number of unbranched alkanes of at least 4 members (excludes halogenated alkanes) is 1. The van der Waals surface area contributed by atoms with Gasteiger partial charge >= 0.3 is 0 Å². The first-order valence-electron chi connectivity index (χ1n) is 11.9. The number of aromatic nitrogens is 1. The fraction of sp³-hybridized carbons (Fsp3) is 0.615. The number of Topliss-reactive ketones (excluding diaryl/α,β-unsaturated/α-hetero) is 1. The molecule has 0 N–H and O–H groups in total. The second-order valence-electron chi connectivity index (χ2n) is 9.91. The summed E-state index contributed by atoms with van der Waals surface area (Å²) in [6.45, 7) is 15.5. The third-order valence-electron chi connectivity index (χ3n) is 5.43. The summed E-state index contributed by atoms with van der Waals surface area (Å²) < 4.78 is 31.0. The number of hydrogen-bond acceptors (Lipinski definition) is 6. The molecule has 2 rings (SSSR count). The lowest BCUT2D eigenvalue weighted by atomic mass is 10.1. The van der Waals surface area contributed by atoms with E-state index in [2.05, 4.69) is 37.6 Å². The average Bonchev–Trinajstić information content (AvgIpc) is 3.03. The Hall–Kier alpha value is -1.99. The molecule has 0 radical (unpaired) electrons. The first-order chi connectivity index (χ1) is 15.5. The standard InChI is InChI=1S/C26H40N2O4S/c1-19(2)15-28(16-20(3)4)14-10-9-12-23(29)17-33(30,31)18-25-22(6)32-26(27-25)24-13-8-7-11-21(24)5/h7-8,11,13,19-20H,9-10,12,14-18H2,1-6H3. The molecule has 6 nitrogen and oxygen atoms in total. The maximum absolute atomic E-state index is 12.6. The van der Waals surface area contributed by atoms with Crippen molar-refractivity contribution in [2.75, 3.05) is 25.4 Å². The van der Waals surface area contributed by atoms with Gasteiger partial charge in [-0.25, -0.2) is 13.4 Å². The van der Waals surface area contributed by atoms with Gasteiger partial charge in [-0.2, -0.15) is 0 Å².